The van der Waals surface area contributed by atoms with E-state index < -0.39 is 12.0 Å². The van der Waals surface area contributed by atoms with Gasteiger partial charge in [-0.3, -0.25) is 14.9 Å². The second-order valence-corrected chi connectivity index (χ2v) is 7.39. The molecule has 0 fully saturated rings. The molecule has 2 N–H and O–H groups in total. The van der Waals surface area contributed by atoms with Gasteiger partial charge in [0.1, 0.15) is 6.04 Å². The van der Waals surface area contributed by atoms with Gasteiger partial charge in [-0.2, -0.15) is 4.98 Å². The van der Waals surface area contributed by atoms with E-state index in [2.05, 4.69) is 20.7 Å². The molecule has 0 bridgehead atoms. The third kappa shape index (κ3) is 4.66. The number of fused-ring (bicyclic) bond motifs is 1. The number of esters is 1. The molecule has 9 nitrogen and oxygen atoms in total. The summed E-state index contributed by atoms with van der Waals surface area (Å²) in [6, 6.07) is 15.0. The molecule has 0 spiro atoms. The van der Waals surface area contributed by atoms with Crippen LogP contribution in [0.5, 0.6) is 0 Å². The number of hydrogen-bond acceptors (Lipinski definition) is 6. The Bertz CT molecular complexity index is 1130. The Balaban J connectivity index is 1.38. The molecule has 9 heteroatoms. The monoisotopic (exact) mass is 433 g/mol. The number of carbonyl (C=O) groups is 3. The quantitative estimate of drug-likeness (QED) is 0.415. The van der Waals surface area contributed by atoms with E-state index in [1.807, 2.05) is 37.3 Å². The van der Waals surface area contributed by atoms with Crippen molar-refractivity contribution in [1.29, 1.82) is 0 Å². The summed E-state index contributed by atoms with van der Waals surface area (Å²) in [5.41, 5.74) is 1.75. The van der Waals surface area contributed by atoms with Crippen molar-refractivity contribution in [2.45, 2.75) is 32.2 Å². The molecule has 1 atom stereocenters. The molecule has 2 aromatic carbocycles. The summed E-state index contributed by atoms with van der Waals surface area (Å²) in [6.45, 7) is 2.40. The van der Waals surface area contributed by atoms with Gasteiger partial charge in [-0.15, -0.1) is 5.10 Å². The zero-order valence-electron chi connectivity index (χ0n) is 17.6. The third-order valence-electron chi connectivity index (χ3n) is 5.01. The van der Waals surface area contributed by atoms with Crippen LogP contribution in [0.2, 0.25) is 0 Å². The molecular weight excluding hydrogens is 410 g/mol. The maximum atomic E-state index is 12.5. The van der Waals surface area contributed by atoms with Crippen molar-refractivity contribution in [1.82, 2.24) is 14.8 Å². The lowest BCUT2D eigenvalue weighted by atomic mass is 10.1. The van der Waals surface area contributed by atoms with Crippen LogP contribution in [0.15, 0.2) is 54.6 Å². The van der Waals surface area contributed by atoms with Crippen molar-refractivity contribution in [3.05, 3.63) is 60.2 Å². The van der Waals surface area contributed by atoms with Gasteiger partial charge in [0.15, 0.2) is 5.82 Å². The van der Waals surface area contributed by atoms with Crippen molar-refractivity contribution in [3.63, 3.8) is 0 Å². The summed E-state index contributed by atoms with van der Waals surface area (Å²) in [5.74, 6) is -0.287. The number of unbranched alkanes of at least 4 members (excludes halogenated alkanes) is 1. The van der Waals surface area contributed by atoms with Crippen LogP contribution in [0.1, 0.15) is 42.6 Å². The van der Waals surface area contributed by atoms with E-state index in [1.54, 1.807) is 24.3 Å². The Hall–Kier alpha value is -4.01. The normalized spacial score (nSPS) is 14.5. The van der Waals surface area contributed by atoms with Crippen molar-refractivity contribution < 1.29 is 19.1 Å². The molecule has 1 aromatic heterocycles. The average Bonchev–Trinajstić information content (AvgIpc) is 3.33. The maximum absolute atomic E-state index is 12.5. The Morgan fingerprint density at radius 3 is 2.59 bits per heavy atom. The first-order valence-electron chi connectivity index (χ1n) is 10.4. The molecule has 3 aromatic rings. The number of anilines is 2. The summed E-state index contributed by atoms with van der Waals surface area (Å²) in [6.07, 6.45) is 1.66. The van der Waals surface area contributed by atoms with E-state index >= 15 is 0 Å². The summed E-state index contributed by atoms with van der Waals surface area (Å²) >= 11 is 0. The first-order chi connectivity index (χ1) is 15.5. The first-order valence-corrected chi connectivity index (χ1v) is 10.4. The van der Waals surface area contributed by atoms with Gasteiger partial charge >= 0.3 is 5.97 Å². The van der Waals surface area contributed by atoms with Crippen molar-refractivity contribution in [2.24, 2.45) is 0 Å². The molecule has 2 heterocycles. The fourth-order valence-corrected chi connectivity index (χ4v) is 3.29. The molecule has 4 rings (SSSR count). The number of hydrogen-bond donors (Lipinski definition) is 2. The van der Waals surface area contributed by atoms with Gasteiger partial charge in [0.05, 0.1) is 18.6 Å². The van der Waals surface area contributed by atoms with Gasteiger partial charge in [0.2, 0.25) is 11.9 Å². The third-order valence-corrected chi connectivity index (χ3v) is 5.01. The van der Waals surface area contributed by atoms with Gasteiger partial charge in [-0.05, 0) is 30.7 Å². The van der Waals surface area contributed by atoms with Crippen LogP contribution in [-0.4, -0.2) is 39.2 Å². The van der Waals surface area contributed by atoms with Gasteiger partial charge in [0, 0.05) is 11.3 Å². The highest BCUT2D eigenvalue weighted by Crippen LogP contribution is 2.28. The number of nitrogens with one attached hydrogen (secondary N) is 2. The number of rotatable bonds is 8. The van der Waals surface area contributed by atoms with Crippen LogP contribution in [0.4, 0.5) is 11.6 Å². The summed E-state index contributed by atoms with van der Waals surface area (Å²) in [5, 5.41) is 9.82. The molecule has 0 radical (unpaired) electrons. The second-order valence-electron chi connectivity index (χ2n) is 7.39. The van der Waals surface area contributed by atoms with E-state index in [-0.39, 0.29) is 18.2 Å². The topological polar surface area (TPSA) is 115 Å². The highest BCUT2D eigenvalue weighted by molar-refractivity contribution is 6.01. The van der Waals surface area contributed by atoms with E-state index in [1.165, 1.54) is 4.68 Å². The molecule has 1 aliphatic rings. The fraction of sp³-hybridized carbons (Fsp3) is 0.261. The Morgan fingerprint density at radius 2 is 1.88 bits per heavy atom. The van der Waals surface area contributed by atoms with E-state index in [0.717, 1.165) is 18.4 Å². The van der Waals surface area contributed by atoms with Crippen LogP contribution in [0.25, 0.3) is 11.4 Å². The van der Waals surface area contributed by atoms with Gasteiger partial charge in [-0.1, -0.05) is 43.7 Å². The van der Waals surface area contributed by atoms with Crippen LogP contribution in [-0.2, 0) is 14.3 Å². The smallest absolute Gasteiger partial charge is 0.338 e. The van der Waals surface area contributed by atoms with E-state index in [0.29, 0.717) is 29.6 Å². The van der Waals surface area contributed by atoms with Gasteiger partial charge < -0.3 is 10.1 Å². The number of ether oxygens (including phenoxy) is 1. The lowest BCUT2D eigenvalue weighted by molar-refractivity contribution is -0.123. The molecule has 0 saturated carbocycles. The number of carbonyl (C=O) groups excluding carboxylic acids is 3. The molecule has 0 saturated heterocycles. The minimum Gasteiger partial charge on any atom is -0.462 e. The lowest BCUT2D eigenvalue weighted by Gasteiger charge is -2.10. The molecular formula is C23H23N5O4. The van der Waals surface area contributed by atoms with Gasteiger partial charge in [-0.25, -0.2) is 9.48 Å². The zero-order valence-corrected chi connectivity index (χ0v) is 17.6. The fourth-order valence-electron chi connectivity index (χ4n) is 3.29. The molecule has 164 valence electrons. The molecule has 0 unspecified atom stereocenters. The minimum atomic E-state index is -0.789. The Labute approximate surface area is 184 Å². The highest BCUT2D eigenvalue weighted by Gasteiger charge is 2.35. The lowest BCUT2D eigenvalue weighted by Crippen LogP contribution is -2.23. The largest absolute Gasteiger partial charge is 0.462 e. The van der Waals surface area contributed by atoms with Crippen LogP contribution < -0.4 is 10.6 Å². The van der Waals surface area contributed by atoms with Crippen molar-refractivity contribution in [3.8, 4) is 11.4 Å². The predicted octanol–water partition coefficient (Wildman–Crippen LogP) is 3.42. The van der Waals surface area contributed by atoms with Crippen LogP contribution in [0, 0.1) is 0 Å². The highest BCUT2D eigenvalue weighted by atomic mass is 16.5. The molecule has 0 aliphatic carbocycles. The number of nitrogens with zero attached hydrogens (tertiary/aromatic N) is 3. The van der Waals surface area contributed by atoms with E-state index in [4.69, 9.17) is 4.74 Å². The van der Waals surface area contributed by atoms with Crippen LogP contribution in [0.3, 0.4) is 0 Å². The number of aromatic nitrogens is 3. The molecule has 1 aliphatic heterocycles. The van der Waals surface area contributed by atoms with Crippen LogP contribution >= 0.6 is 0 Å². The zero-order chi connectivity index (χ0) is 22.5. The standard InChI is InChI=1S/C23H23N5O4/c1-2-3-13-32-22(31)16-9-11-17(12-10-16)24-19(29)14-18-21(30)26-23-25-20(27-28(18)23)15-7-5-4-6-8-15/h4-12,18H,2-3,13-14H2,1H3,(H,24,29)(H,25,26,27,30)/t18-/m1/s1. The number of amides is 2. The second kappa shape index (κ2) is 9.42. The average molecular weight is 433 g/mol. The Kier molecular flexibility index (Phi) is 6.25. The molecule has 2 amide bonds. The van der Waals surface area contributed by atoms with Gasteiger partial charge in [0.25, 0.3) is 5.91 Å². The first kappa shape index (κ1) is 21.2. The summed E-state index contributed by atoms with van der Waals surface area (Å²) in [7, 11) is 0. The maximum Gasteiger partial charge on any atom is 0.338 e. The number of benzene rings is 2. The SMILES string of the molecule is CCCCOC(=O)c1ccc(NC(=O)C[C@@H]2C(=O)Nc3nc(-c4ccccc4)nn32)cc1. The summed E-state index contributed by atoms with van der Waals surface area (Å²) < 4.78 is 6.61. The van der Waals surface area contributed by atoms with E-state index in [9.17, 15) is 14.4 Å². The van der Waals surface area contributed by atoms with Crippen molar-refractivity contribution >= 4 is 29.4 Å². The predicted molar refractivity (Wildman–Crippen MR) is 118 cm³/mol. The van der Waals surface area contributed by atoms with Crippen molar-refractivity contribution in [2.75, 3.05) is 17.2 Å². The summed E-state index contributed by atoms with van der Waals surface area (Å²) in [4.78, 5) is 41.2. The minimum absolute atomic E-state index is 0.1000. The molecule has 32 heavy (non-hydrogen) atoms. The Morgan fingerprint density at radius 1 is 1.12 bits per heavy atom.